The van der Waals surface area contributed by atoms with Crippen LogP contribution in [0.25, 0.3) is 10.9 Å². The van der Waals surface area contributed by atoms with Crippen molar-refractivity contribution in [2.75, 3.05) is 38.1 Å². The first-order valence-electron chi connectivity index (χ1n) is 9.45. The van der Waals surface area contributed by atoms with Crippen molar-refractivity contribution in [3.63, 3.8) is 0 Å². The minimum Gasteiger partial charge on any atom is -0.367 e. The zero-order chi connectivity index (χ0) is 18.4. The standard InChI is InChI=1S/C22H33N3/c1-21(2,3)17-15-19(22(4,5)6)23-20-16(17)9-8-10-18(20)25-13-11-24(7)12-14-25/h8-10,15H,11-14H2,1-7H3. The fourth-order valence-corrected chi connectivity index (χ4v) is 3.54. The summed E-state index contributed by atoms with van der Waals surface area (Å²) in [4.78, 5) is 10.1. The molecule has 136 valence electrons. The predicted molar refractivity (Wildman–Crippen MR) is 109 cm³/mol. The second-order valence-corrected chi connectivity index (χ2v) is 9.52. The number of hydrogen-bond donors (Lipinski definition) is 0. The second kappa shape index (κ2) is 6.28. The van der Waals surface area contributed by atoms with Crippen LogP contribution in [-0.4, -0.2) is 43.1 Å². The van der Waals surface area contributed by atoms with Gasteiger partial charge in [-0.15, -0.1) is 0 Å². The van der Waals surface area contributed by atoms with Crippen LogP contribution in [0.15, 0.2) is 24.3 Å². The van der Waals surface area contributed by atoms with E-state index in [2.05, 4.69) is 82.7 Å². The summed E-state index contributed by atoms with van der Waals surface area (Å²) in [5.41, 5.74) is 5.20. The SMILES string of the molecule is CN1CCN(c2cccc3c(C(C)(C)C)cc(C(C)(C)C)nc23)CC1. The molecule has 25 heavy (non-hydrogen) atoms. The molecule has 1 fully saturated rings. The van der Waals surface area contributed by atoms with Gasteiger partial charge in [0.25, 0.3) is 0 Å². The van der Waals surface area contributed by atoms with Gasteiger partial charge < -0.3 is 9.80 Å². The van der Waals surface area contributed by atoms with Gasteiger partial charge in [-0.25, -0.2) is 0 Å². The minimum absolute atomic E-state index is 0.0451. The van der Waals surface area contributed by atoms with Gasteiger partial charge in [-0.2, -0.15) is 0 Å². The average molecular weight is 340 g/mol. The fourth-order valence-electron chi connectivity index (χ4n) is 3.54. The molecule has 3 rings (SSSR count). The Hall–Kier alpha value is -1.61. The highest BCUT2D eigenvalue weighted by molar-refractivity contribution is 5.94. The zero-order valence-electron chi connectivity index (χ0n) is 17.0. The summed E-state index contributed by atoms with van der Waals surface area (Å²) >= 11 is 0. The molecule has 2 heterocycles. The Morgan fingerprint density at radius 3 is 2.08 bits per heavy atom. The van der Waals surface area contributed by atoms with Gasteiger partial charge in [-0.1, -0.05) is 53.7 Å². The van der Waals surface area contributed by atoms with Crippen LogP contribution in [-0.2, 0) is 10.8 Å². The average Bonchev–Trinajstić information content (AvgIpc) is 2.52. The van der Waals surface area contributed by atoms with Crippen molar-refractivity contribution in [2.45, 2.75) is 52.4 Å². The quantitative estimate of drug-likeness (QED) is 0.758. The Labute approximate surface area is 153 Å². The molecule has 1 aliphatic heterocycles. The first-order valence-corrected chi connectivity index (χ1v) is 9.45. The van der Waals surface area contributed by atoms with Gasteiger partial charge in [-0.05, 0) is 30.2 Å². The van der Waals surface area contributed by atoms with Gasteiger partial charge in [0.05, 0.1) is 11.2 Å². The summed E-state index contributed by atoms with van der Waals surface area (Å²) in [5, 5.41) is 1.30. The Morgan fingerprint density at radius 1 is 0.880 bits per heavy atom. The third-order valence-electron chi connectivity index (χ3n) is 5.24. The first kappa shape index (κ1) is 18.2. The highest BCUT2D eigenvalue weighted by atomic mass is 15.2. The number of para-hydroxylation sites is 1. The van der Waals surface area contributed by atoms with E-state index in [0.717, 1.165) is 26.2 Å². The van der Waals surface area contributed by atoms with Crippen molar-refractivity contribution in [3.05, 3.63) is 35.5 Å². The monoisotopic (exact) mass is 339 g/mol. The van der Waals surface area contributed by atoms with Gasteiger partial charge in [0.15, 0.2) is 0 Å². The lowest BCUT2D eigenvalue weighted by Gasteiger charge is -2.35. The molecule has 2 aromatic rings. The highest BCUT2D eigenvalue weighted by Crippen LogP contribution is 2.36. The van der Waals surface area contributed by atoms with Crippen LogP contribution < -0.4 is 4.90 Å². The molecule has 1 aromatic heterocycles. The number of hydrogen-bond acceptors (Lipinski definition) is 3. The highest BCUT2D eigenvalue weighted by Gasteiger charge is 2.25. The van der Waals surface area contributed by atoms with Crippen LogP contribution >= 0.6 is 0 Å². The van der Waals surface area contributed by atoms with E-state index in [9.17, 15) is 0 Å². The second-order valence-electron chi connectivity index (χ2n) is 9.52. The van der Waals surface area contributed by atoms with Gasteiger partial charge >= 0.3 is 0 Å². The van der Waals surface area contributed by atoms with E-state index < -0.39 is 0 Å². The number of benzene rings is 1. The van der Waals surface area contributed by atoms with Crippen molar-refractivity contribution in [1.29, 1.82) is 0 Å². The number of anilines is 1. The molecule has 0 bridgehead atoms. The number of pyridine rings is 1. The molecule has 1 aromatic carbocycles. The van der Waals surface area contributed by atoms with Crippen LogP contribution in [0, 0.1) is 0 Å². The topological polar surface area (TPSA) is 19.4 Å². The van der Waals surface area contributed by atoms with E-state index in [-0.39, 0.29) is 10.8 Å². The van der Waals surface area contributed by atoms with Crippen molar-refractivity contribution >= 4 is 16.6 Å². The maximum atomic E-state index is 5.16. The number of fused-ring (bicyclic) bond motifs is 1. The summed E-state index contributed by atoms with van der Waals surface area (Å²) in [5.74, 6) is 0. The van der Waals surface area contributed by atoms with Crippen LogP contribution in [0.2, 0.25) is 0 Å². The number of rotatable bonds is 1. The summed E-state index contributed by atoms with van der Waals surface area (Å²) in [6, 6.07) is 9.02. The molecule has 1 saturated heterocycles. The van der Waals surface area contributed by atoms with Crippen LogP contribution in [0.4, 0.5) is 5.69 Å². The fraction of sp³-hybridized carbons (Fsp3) is 0.591. The van der Waals surface area contributed by atoms with Crippen LogP contribution in [0.1, 0.15) is 52.8 Å². The van der Waals surface area contributed by atoms with E-state index in [0.29, 0.717) is 0 Å². The molecule has 0 atom stereocenters. The maximum Gasteiger partial charge on any atom is 0.0941 e. The lowest BCUT2D eigenvalue weighted by Crippen LogP contribution is -2.44. The van der Waals surface area contributed by atoms with E-state index in [1.807, 2.05) is 0 Å². The number of piperazine rings is 1. The van der Waals surface area contributed by atoms with Gasteiger partial charge in [-0.3, -0.25) is 4.98 Å². The summed E-state index contributed by atoms with van der Waals surface area (Å²) < 4.78 is 0. The van der Waals surface area contributed by atoms with Gasteiger partial charge in [0, 0.05) is 42.7 Å². The molecule has 0 saturated carbocycles. The summed E-state index contributed by atoms with van der Waals surface area (Å²) in [6.07, 6.45) is 0. The van der Waals surface area contributed by atoms with Crippen molar-refractivity contribution < 1.29 is 0 Å². The molecule has 3 nitrogen and oxygen atoms in total. The summed E-state index contributed by atoms with van der Waals surface area (Å²) in [7, 11) is 2.20. The molecule has 0 spiro atoms. The molecule has 0 N–H and O–H groups in total. The molecule has 1 aliphatic rings. The first-order chi connectivity index (χ1) is 11.6. The third kappa shape index (κ3) is 3.67. The summed E-state index contributed by atoms with van der Waals surface area (Å²) in [6.45, 7) is 18.0. The molecular weight excluding hydrogens is 306 g/mol. The third-order valence-corrected chi connectivity index (χ3v) is 5.24. The van der Waals surface area contributed by atoms with Crippen LogP contribution in [0.5, 0.6) is 0 Å². The van der Waals surface area contributed by atoms with Gasteiger partial charge in [0.1, 0.15) is 0 Å². The Bertz CT molecular complexity index is 757. The molecular formula is C22H33N3. The molecule has 0 aliphatic carbocycles. The smallest absolute Gasteiger partial charge is 0.0941 e. The van der Waals surface area contributed by atoms with Gasteiger partial charge in [0.2, 0.25) is 0 Å². The van der Waals surface area contributed by atoms with Crippen molar-refractivity contribution in [2.24, 2.45) is 0 Å². The van der Waals surface area contributed by atoms with E-state index >= 15 is 0 Å². The van der Waals surface area contributed by atoms with E-state index in [1.165, 1.54) is 27.8 Å². The maximum absolute atomic E-state index is 5.16. The number of likely N-dealkylation sites (N-methyl/N-ethyl adjacent to an activating group) is 1. The van der Waals surface area contributed by atoms with E-state index in [4.69, 9.17) is 4.98 Å². The number of aromatic nitrogens is 1. The Kier molecular flexibility index (Phi) is 4.57. The van der Waals surface area contributed by atoms with Crippen molar-refractivity contribution in [3.8, 4) is 0 Å². The molecule has 0 unspecified atom stereocenters. The molecule has 0 amide bonds. The normalized spacial score (nSPS) is 17.3. The lowest BCUT2D eigenvalue weighted by atomic mass is 9.81. The van der Waals surface area contributed by atoms with E-state index in [1.54, 1.807) is 0 Å². The minimum atomic E-state index is 0.0451. The largest absolute Gasteiger partial charge is 0.367 e. The Morgan fingerprint density at radius 2 is 1.52 bits per heavy atom. The molecule has 0 radical (unpaired) electrons. The zero-order valence-corrected chi connectivity index (χ0v) is 17.0. The Balaban J connectivity index is 2.23. The predicted octanol–water partition coefficient (Wildman–Crippen LogP) is 4.58. The number of nitrogens with zero attached hydrogens (tertiary/aromatic N) is 3. The lowest BCUT2D eigenvalue weighted by molar-refractivity contribution is 0.313. The molecule has 3 heteroatoms. The van der Waals surface area contributed by atoms with Crippen molar-refractivity contribution in [1.82, 2.24) is 9.88 Å². The van der Waals surface area contributed by atoms with Crippen LogP contribution in [0.3, 0.4) is 0 Å².